The van der Waals surface area contributed by atoms with Crippen LogP contribution in [0.1, 0.15) is 18.0 Å². The normalized spacial score (nSPS) is 22.5. The number of carboxylic acids is 1. The molecule has 1 aromatic carbocycles. The van der Waals surface area contributed by atoms with E-state index in [1.54, 1.807) is 7.11 Å². The molecule has 0 radical (unpaired) electrons. The molecule has 1 N–H and O–H groups in total. The van der Waals surface area contributed by atoms with Crippen LogP contribution in [0.3, 0.4) is 0 Å². The Balaban J connectivity index is 2.17. The standard InChI is InChI=1S/C13H17NO3/c1-17-11-7-8-14(9-11)12(13(15)16)10-5-3-2-4-6-10/h2-6,11-12H,7-9H2,1H3,(H,15,16). The lowest BCUT2D eigenvalue weighted by molar-refractivity contribution is -0.143. The Morgan fingerprint density at radius 3 is 2.71 bits per heavy atom. The number of ether oxygens (including phenoxy) is 1. The summed E-state index contributed by atoms with van der Waals surface area (Å²) in [7, 11) is 1.67. The highest BCUT2D eigenvalue weighted by Gasteiger charge is 2.33. The highest BCUT2D eigenvalue weighted by atomic mass is 16.5. The van der Waals surface area contributed by atoms with Crippen LogP contribution in [0.15, 0.2) is 30.3 Å². The number of aliphatic carboxylic acids is 1. The van der Waals surface area contributed by atoms with E-state index in [9.17, 15) is 9.90 Å². The molecule has 17 heavy (non-hydrogen) atoms. The summed E-state index contributed by atoms with van der Waals surface area (Å²) in [5.74, 6) is -0.798. The molecular weight excluding hydrogens is 218 g/mol. The Labute approximate surface area is 101 Å². The number of hydrogen-bond acceptors (Lipinski definition) is 3. The summed E-state index contributed by atoms with van der Waals surface area (Å²) in [5, 5.41) is 9.36. The van der Waals surface area contributed by atoms with E-state index in [1.807, 2.05) is 35.2 Å². The van der Waals surface area contributed by atoms with Gasteiger partial charge in [-0.1, -0.05) is 30.3 Å². The molecule has 1 fully saturated rings. The Kier molecular flexibility index (Phi) is 3.76. The molecule has 92 valence electrons. The molecule has 0 amide bonds. The molecule has 0 aromatic heterocycles. The van der Waals surface area contributed by atoms with Crippen molar-refractivity contribution in [1.29, 1.82) is 0 Å². The topological polar surface area (TPSA) is 49.8 Å². The lowest BCUT2D eigenvalue weighted by Gasteiger charge is -2.24. The molecule has 1 aromatic rings. The molecule has 2 rings (SSSR count). The maximum absolute atomic E-state index is 11.4. The van der Waals surface area contributed by atoms with Gasteiger partial charge in [-0.25, -0.2) is 0 Å². The summed E-state index contributed by atoms with van der Waals surface area (Å²) in [6, 6.07) is 8.79. The van der Waals surface area contributed by atoms with E-state index in [2.05, 4.69) is 0 Å². The molecule has 0 spiro atoms. The monoisotopic (exact) mass is 235 g/mol. The van der Waals surface area contributed by atoms with Gasteiger partial charge in [0.15, 0.2) is 0 Å². The number of nitrogens with zero attached hydrogens (tertiary/aromatic N) is 1. The minimum atomic E-state index is -0.798. The smallest absolute Gasteiger partial charge is 0.325 e. The average Bonchev–Trinajstić information content (AvgIpc) is 2.79. The predicted molar refractivity (Wildman–Crippen MR) is 63.8 cm³/mol. The van der Waals surface area contributed by atoms with E-state index in [0.29, 0.717) is 6.54 Å². The third kappa shape index (κ3) is 2.65. The van der Waals surface area contributed by atoms with Crippen molar-refractivity contribution in [3.63, 3.8) is 0 Å². The summed E-state index contributed by atoms with van der Waals surface area (Å²) in [4.78, 5) is 13.4. The molecule has 2 unspecified atom stereocenters. The van der Waals surface area contributed by atoms with E-state index < -0.39 is 12.0 Å². The fourth-order valence-electron chi connectivity index (χ4n) is 2.33. The molecule has 2 atom stereocenters. The third-order valence-corrected chi connectivity index (χ3v) is 3.22. The highest BCUT2D eigenvalue weighted by molar-refractivity contribution is 5.75. The zero-order valence-electron chi connectivity index (χ0n) is 9.87. The minimum absolute atomic E-state index is 0.153. The van der Waals surface area contributed by atoms with Crippen molar-refractivity contribution in [2.24, 2.45) is 0 Å². The Morgan fingerprint density at radius 2 is 2.18 bits per heavy atom. The first kappa shape index (κ1) is 12.1. The maximum atomic E-state index is 11.4. The van der Waals surface area contributed by atoms with E-state index in [1.165, 1.54) is 0 Å². The largest absolute Gasteiger partial charge is 0.480 e. The second kappa shape index (κ2) is 5.29. The molecule has 1 saturated heterocycles. The van der Waals surface area contributed by atoms with Crippen LogP contribution in [0, 0.1) is 0 Å². The molecule has 1 aliphatic rings. The molecule has 0 saturated carbocycles. The first-order chi connectivity index (χ1) is 8.22. The van der Waals surface area contributed by atoms with Gasteiger partial charge in [0, 0.05) is 20.2 Å². The molecule has 0 bridgehead atoms. The van der Waals surface area contributed by atoms with Crippen LogP contribution in [0.25, 0.3) is 0 Å². The lowest BCUT2D eigenvalue weighted by Crippen LogP contribution is -2.33. The van der Waals surface area contributed by atoms with Crippen molar-refractivity contribution in [3.8, 4) is 0 Å². The van der Waals surface area contributed by atoms with E-state index >= 15 is 0 Å². The molecule has 4 heteroatoms. The van der Waals surface area contributed by atoms with E-state index in [0.717, 1.165) is 18.5 Å². The molecule has 1 aliphatic heterocycles. The molecule has 1 heterocycles. The second-order valence-electron chi connectivity index (χ2n) is 4.29. The SMILES string of the molecule is COC1CCN(C(C(=O)O)c2ccccc2)C1. The van der Waals surface area contributed by atoms with Crippen LogP contribution in [0.5, 0.6) is 0 Å². The van der Waals surface area contributed by atoms with Crippen LogP contribution >= 0.6 is 0 Å². The first-order valence-corrected chi connectivity index (χ1v) is 5.77. The van der Waals surface area contributed by atoms with Gasteiger partial charge in [0.05, 0.1) is 6.10 Å². The average molecular weight is 235 g/mol. The summed E-state index contributed by atoms with van der Waals surface area (Å²) >= 11 is 0. The molecule has 4 nitrogen and oxygen atoms in total. The van der Waals surface area contributed by atoms with E-state index in [-0.39, 0.29) is 6.10 Å². The zero-order valence-corrected chi connectivity index (χ0v) is 9.87. The predicted octanol–water partition coefficient (Wildman–Crippen LogP) is 1.53. The van der Waals surface area contributed by atoms with Gasteiger partial charge in [-0.15, -0.1) is 0 Å². The molecular formula is C13H17NO3. The van der Waals surface area contributed by atoms with Gasteiger partial charge in [0.2, 0.25) is 0 Å². The van der Waals surface area contributed by atoms with Crippen molar-refractivity contribution in [1.82, 2.24) is 4.90 Å². The summed E-state index contributed by atoms with van der Waals surface area (Å²) < 4.78 is 5.27. The highest BCUT2D eigenvalue weighted by Crippen LogP contribution is 2.26. The third-order valence-electron chi connectivity index (χ3n) is 3.22. The van der Waals surface area contributed by atoms with Crippen molar-refractivity contribution in [2.45, 2.75) is 18.6 Å². The van der Waals surface area contributed by atoms with Crippen LogP contribution < -0.4 is 0 Å². The summed E-state index contributed by atoms with van der Waals surface area (Å²) in [6.07, 6.45) is 1.05. The number of methoxy groups -OCH3 is 1. The van der Waals surface area contributed by atoms with Crippen molar-refractivity contribution >= 4 is 5.97 Å². The van der Waals surface area contributed by atoms with Crippen molar-refractivity contribution in [2.75, 3.05) is 20.2 Å². The first-order valence-electron chi connectivity index (χ1n) is 5.77. The maximum Gasteiger partial charge on any atom is 0.325 e. The van der Waals surface area contributed by atoms with Gasteiger partial charge >= 0.3 is 5.97 Å². The summed E-state index contributed by atoms with van der Waals surface area (Å²) in [6.45, 7) is 1.45. The fourth-order valence-corrected chi connectivity index (χ4v) is 2.33. The summed E-state index contributed by atoms with van der Waals surface area (Å²) in [5.41, 5.74) is 0.830. The van der Waals surface area contributed by atoms with Gasteiger partial charge < -0.3 is 9.84 Å². The Bertz CT molecular complexity index is 380. The van der Waals surface area contributed by atoms with E-state index in [4.69, 9.17) is 4.74 Å². The van der Waals surface area contributed by atoms with Gasteiger partial charge in [0.25, 0.3) is 0 Å². The number of likely N-dealkylation sites (tertiary alicyclic amines) is 1. The Morgan fingerprint density at radius 1 is 1.47 bits per heavy atom. The fraction of sp³-hybridized carbons (Fsp3) is 0.462. The minimum Gasteiger partial charge on any atom is -0.480 e. The van der Waals surface area contributed by atoms with Crippen molar-refractivity contribution < 1.29 is 14.6 Å². The molecule has 0 aliphatic carbocycles. The van der Waals surface area contributed by atoms with Gasteiger partial charge in [0.1, 0.15) is 6.04 Å². The number of carboxylic acid groups (broad SMARTS) is 1. The number of hydrogen-bond donors (Lipinski definition) is 1. The number of benzene rings is 1. The van der Waals surface area contributed by atoms with Crippen LogP contribution in [0.4, 0.5) is 0 Å². The van der Waals surface area contributed by atoms with Gasteiger partial charge in [-0.2, -0.15) is 0 Å². The number of rotatable bonds is 4. The quantitative estimate of drug-likeness (QED) is 0.860. The Hall–Kier alpha value is -1.39. The van der Waals surface area contributed by atoms with Crippen molar-refractivity contribution in [3.05, 3.63) is 35.9 Å². The van der Waals surface area contributed by atoms with Crippen LogP contribution in [-0.2, 0) is 9.53 Å². The zero-order chi connectivity index (χ0) is 12.3. The van der Waals surface area contributed by atoms with Crippen LogP contribution in [0.2, 0.25) is 0 Å². The lowest BCUT2D eigenvalue weighted by atomic mass is 10.1. The number of carbonyl (C=O) groups is 1. The van der Waals surface area contributed by atoms with Gasteiger partial charge in [-0.05, 0) is 12.0 Å². The van der Waals surface area contributed by atoms with Gasteiger partial charge in [-0.3, -0.25) is 9.69 Å². The van der Waals surface area contributed by atoms with Crippen LogP contribution in [-0.4, -0.2) is 42.3 Å². The second-order valence-corrected chi connectivity index (χ2v) is 4.29.